The number of aromatic nitrogens is 1. The lowest BCUT2D eigenvalue weighted by Gasteiger charge is -2.30. The Hall–Kier alpha value is -2.16. The van der Waals surface area contributed by atoms with E-state index >= 15 is 0 Å². The van der Waals surface area contributed by atoms with Crippen LogP contribution >= 0.6 is 22.9 Å². The highest BCUT2D eigenvalue weighted by Gasteiger charge is 2.29. The third kappa shape index (κ3) is 4.47. The molecule has 0 radical (unpaired) electrons. The number of thiazole rings is 1. The van der Waals surface area contributed by atoms with Crippen molar-refractivity contribution in [1.29, 1.82) is 0 Å². The summed E-state index contributed by atoms with van der Waals surface area (Å²) in [5, 5.41) is 12.8. The maximum atomic E-state index is 12.3. The molecule has 0 spiro atoms. The normalized spacial score (nSPS) is 17.3. The first-order chi connectivity index (χ1) is 12.0. The van der Waals surface area contributed by atoms with E-state index in [1.807, 2.05) is 24.3 Å². The summed E-state index contributed by atoms with van der Waals surface area (Å²) in [6.07, 6.45) is 1.33. The summed E-state index contributed by atoms with van der Waals surface area (Å²) in [7, 11) is 0. The minimum atomic E-state index is -1.08. The number of aliphatic carboxylic acids is 1. The predicted molar refractivity (Wildman–Crippen MR) is 94.3 cm³/mol. The first kappa shape index (κ1) is 17.7. The standard InChI is InChI=1S/C16H16ClN3O4S/c17-12-4-2-1-3-10(12)7-11-8-18-15(25-11)19-16(23)20-5-6-24-13(9-20)14(21)22/h1-4,8,13H,5-7,9H2,(H,21,22)(H,18,19,23). The first-order valence-electron chi connectivity index (χ1n) is 7.61. The molecule has 1 unspecified atom stereocenters. The van der Waals surface area contributed by atoms with Gasteiger partial charge in [-0.15, -0.1) is 11.3 Å². The van der Waals surface area contributed by atoms with Crippen molar-refractivity contribution in [2.75, 3.05) is 25.0 Å². The highest BCUT2D eigenvalue weighted by molar-refractivity contribution is 7.15. The van der Waals surface area contributed by atoms with Gasteiger partial charge in [-0.1, -0.05) is 29.8 Å². The van der Waals surface area contributed by atoms with Gasteiger partial charge in [-0.2, -0.15) is 0 Å². The van der Waals surface area contributed by atoms with Crippen molar-refractivity contribution in [3.63, 3.8) is 0 Å². The van der Waals surface area contributed by atoms with Crippen LogP contribution in [0.1, 0.15) is 10.4 Å². The maximum Gasteiger partial charge on any atom is 0.334 e. The lowest BCUT2D eigenvalue weighted by molar-refractivity contribution is -0.154. The molecule has 9 heteroatoms. The second-order valence-electron chi connectivity index (χ2n) is 5.47. The van der Waals surface area contributed by atoms with E-state index in [0.29, 0.717) is 23.1 Å². The van der Waals surface area contributed by atoms with Crippen LogP contribution in [0.4, 0.5) is 9.93 Å². The molecular weight excluding hydrogens is 366 g/mol. The zero-order valence-corrected chi connectivity index (χ0v) is 14.7. The van der Waals surface area contributed by atoms with Gasteiger partial charge in [0.15, 0.2) is 11.2 Å². The van der Waals surface area contributed by atoms with E-state index in [4.69, 9.17) is 21.4 Å². The van der Waals surface area contributed by atoms with E-state index in [2.05, 4.69) is 10.3 Å². The van der Waals surface area contributed by atoms with Gasteiger partial charge >= 0.3 is 12.0 Å². The summed E-state index contributed by atoms with van der Waals surface area (Å²) >= 11 is 7.51. The largest absolute Gasteiger partial charge is 0.479 e. The maximum absolute atomic E-state index is 12.3. The van der Waals surface area contributed by atoms with Gasteiger partial charge < -0.3 is 14.7 Å². The number of benzene rings is 1. The first-order valence-corrected chi connectivity index (χ1v) is 8.81. The molecule has 0 aliphatic carbocycles. The number of ether oxygens (including phenoxy) is 1. The van der Waals surface area contributed by atoms with Gasteiger partial charge in [0, 0.05) is 29.1 Å². The minimum absolute atomic E-state index is 0.0129. The third-order valence-corrected chi connectivity index (χ3v) is 5.00. The molecule has 3 rings (SSSR count). The van der Waals surface area contributed by atoms with Crippen LogP contribution in [0.5, 0.6) is 0 Å². The van der Waals surface area contributed by atoms with Crippen LogP contribution in [-0.4, -0.2) is 52.8 Å². The molecule has 7 nitrogen and oxygen atoms in total. The molecule has 2 N–H and O–H groups in total. The highest BCUT2D eigenvalue weighted by Crippen LogP contribution is 2.25. The van der Waals surface area contributed by atoms with Crippen LogP contribution < -0.4 is 5.32 Å². The number of carbonyl (C=O) groups excluding carboxylic acids is 1. The zero-order chi connectivity index (χ0) is 17.8. The molecule has 1 atom stereocenters. The second-order valence-corrected chi connectivity index (χ2v) is 7.00. The highest BCUT2D eigenvalue weighted by atomic mass is 35.5. The Morgan fingerprint density at radius 3 is 3.00 bits per heavy atom. The van der Waals surface area contributed by atoms with Crippen molar-refractivity contribution in [1.82, 2.24) is 9.88 Å². The number of carbonyl (C=O) groups is 2. The average molecular weight is 382 g/mol. The van der Waals surface area contributed by atoms with Crippen LogP contribution in [0.3, 0.4) is 0 Å². The smallest absolute Gasteiger partial charge is 0.334 e. The second kappa shape index (κ2) is 7.81. The minimum Gasteiger partial charge on any atom is -0.479 e. The number of rotatable bonds is 4. The van der Waals surface area contributed by atoms with Gasteiger partial charge in [-0.25, -0.2) is 14.6 Å². The van der Waals surface area contributed by atoms with E-state index in [1.54, 1.807) is 6.20 Å². The molecule has 1 fully saturated rings. The van der Waals surface area contributed by atoms with Crippen molar-refractivity contribution < 1.29 is 19.4 Å². The van der Waals surface area contributed by atoms with Gasteiger partial charge in [0.2, 0.25) is 0 Å². The molecule has 1 aromatic heterocycles. The number of nitrogens with one attached hydrogen (secondary N) is 1. The molecule has 0 bridgehead atoms. The lowest BCUT2D eigenvalue weighted by Crippen LogP contribution is -2.49. The van der Waals surface area contributed by atoms with Gasteiger partial charge in [0.05, 0.1) is 13.2 Å². The Morgan fingerprint density at radius 1 is 1.44 bits per heavy atom. The summed E-state index contributed by atoms with van der Waals surface area (Å²) in [5.41, 5.74) is 0.989. The Kier molecular flexibility index (Phi) is 5.52. The van der Waals surface area contributed by atoms with Gasteiger partial charge in [0.1, 0.15) is 0 Å². The molecule has 2 aromatic rings. The fourth-order valence-electron chi connectivity index (χ4n) is 2.43. The van der Waals surface area contributed by atoms with Crippen molar-refractivity contribution in [2.45, 2.75) is 12.5 Å². The number of hydrogen-bond acceptors (Lipinski definition) is 5. The number of halogens is 1. The fourth-order valence-corrected chi connectivity index (χ4v) is 3.46. The molecule has 25 heavy (non-hydrogen) atoms. The number of anilines is 1. The molecule has 132 valence electrons. The predicted octanol–water partition coefficient (Wildman–Crippen LogP) is 2.70. The molecular formula is C16H16ClN3O4S. The topological polar surface area (TPSA) is 91.8 Å². The molecule has 2 heterocycles. The van der Waals surface area contributed by atoms with E-state index in [0.717, 1.165) is 10.4 Å². The van der Waals surface area contributed by atoms with E-state index in [1.165, 1.54) is 16.2 Å². The van der Waals surface area contributed by atoms with Crippen molar-refractivity contribution in [2.24, 2.45) is 0 Å². The summed E-state index contributed by atoms with van der Waals surface area (Å²) in [6.45, 7) is 0.548. The average Bonchev–Trinajstić information content (AvgIpc) is 3.04. The van der Waals surface area contributed by atoms with Crippen molar-refractivity contribution in [3.8, 4) is 0 Å². The molecule has 2 amide bonds. The number of amides is 2. The monoisotopic (exact) mass is 381 g/mol. The van der Waals surface area contributed by atoms with Gasteiger partial charge in [-0.05, 0) is 11.6 Å². The Labute approximate surface area is 153 Å². The van der Waals surface area contributed by atoms with Crippen LogP contribution in [0.2, 0.25) is 5.02 Å². The summed E-state index contributed by atoms with van der Waals surface area (Å²) in [4.78, 5) is 29.8. The summed E-state index contributed by atoms with van der Waals surface area (Å²) in [6, 6.07) is 7.19. The third-order valence-electron chi connectivity index (χ3n) is 3.72. The van der Waals surface area contributed by atoms with Crippen LogP contribution in [0.15, 0.2) is 30.5 Å². The molecule has 1 aliphatic rings. The van der Waals surface area contributed by atoms with Crippen molar-refractivity contribution >= 4 is 40.1 Å². The Morgan fingerprint density at radius 2 is 2.24 bits per heavy atom. The summed E-state index contributed by atoms with van der Waals surface area (Å²) < 4.78 is 5.10. The molecule has 0 saturated carbocycles. The number of carboxylic acid groups (broad SMARTS) is 1. The van der Waals surface area contributed by atoms with Gasteiger partial charge in [0.25, 0.3) is 0 Å². The quantitative estimate of drug-likeness (QED) is 0.849. The number of carboxylic acids is 1. The molecule has 1 aliphatic heterocycles. The SMILES string of the molecule is O=C(O)C1CN(C(=O)Nc2ncc(Cc3ccccc3Cl)s2)CCO1. The van der Waals surface area contributed by atoms with E-state index in [9.17, 15) is 9.59 Å². The Balaban J connectivity index is 1.60. The molecule has 1 aromatic carbocycles. The van der Waals surface area contributed by atoms with Crippen molar-refractivity contribution in [3.05, 3.63) is 45.9 Å². The number of nitrogens with zero attached hydrogens (tertiary/aromatic N) is 2. The number of morpholine rings is 1. The van der Waals surface area contributed by atoms with Crippen LogP contribution in [0, 0.1) is 0 Å². The summed E-state index contributed by atoms with van der Waals surface area (Å²) in [5.74, 6) is -1.08. The Bertz CT molecular complexity index is 782. The number of hydrogen-bond donors (Lipinski definition) is 2. The molecule has 1 saturated heterocycles. The van der Waals surface area contributed by atoms with E-state index < -0.39 is 12.1 Å². The fraction of sp³-hybridized carbons (Fsp3) is 0.312. The number of urea groups is 1. The zero-order valence-electron chi connectivity index (χ0n) is 13.1. The van der Waals surface area contributed by atoms with E-state index in [-0.39, 0.29) is 19.2 Å². The van der Waals surface area contributed by atoms with Crippen LogP contribution in [0.25, 0.3) is 0 Å². The van der Waals surface area contributed by atoms with Crippen LogP contribution in [-0.2, 0) is 16.0 Å². The van der Waals surface area contributed by atoms with Gasteiger partial charge in [-0.3, -0.25) is 5.32 Å². The lowest BCUT2D eigenvalue weighted by atomic mass is 10.1.